The maximum atomic E-state index is 9.71. The molecule has 0 saturated carbocycles. The van der Waals surface area contributed by atoms with Gasteiger partial charge in [-0.15, -0.1) is 0 Å². The fourth-order valence-electron chi connectivity index (χ4n) is 1.79. The lowest BCUT2D eigenvalue weighted by molar-refractivity contribution is 0.371. The number of hydrogen-bond acceptors (Lipinski definition) is 5. The standard InChI is InChI=1S/C16H14O4S/c1-9-2-4-10(5-3-9)14(21)7-6-11-15(19)12(17)8-13(18)16(11)20/h2-8,17-20H,1H3. The fraction of sp³-hybridized carbons (Fsp3) is 0.0625. The molecule has 0 atom stereocenters. The summed E-state index contributed by atoms with van der Waals surface area (Å²) in [5, 5.41) is 38.3. The van der Waals surface area contributed by atoms with E-state index in [0.717, 1.165) is 17.2 Å². The number of aromatic hydroxyl groups is 4. The number of thiocarbonyl (C=S) groups is 1. The second-order valence-electron chi connectivity index (χ2n) is 4.59. The predicted octanol–water partition coefficient (Wildman–Crippen LogP) is 3.25. The molecule has 0 saturated heterocycles. The Kier molecular flexibility index (Phi) is 4.14. The molecule has 21 heavy (non-hydrogen) atoms. The normalized spacial score (nSPS) is 10.9. The molecule has 108 valence electrons. The van der Waals surface area contributed by atoms with Crippen molar-refractivity contribution < 1.29 is 20.4 Å². The maximum Gasteiger partial charge on any atom is 0.168 e. The van der Waals surface area contributed by atoms with E-state index in [2.05, 4.69) is 0 Å². The molecule has 4 N–H and O–H groups in total. The number of benzene rings is 2. The summed E-state index contributed by atoms with van der Waals surface area (Å²) in [5.41, 5.74) is 1.83. The Bertz CT molecular complexity index is 692. The molecule has 0 fully saturated rings. The fourth-order valence-corrected chi connectivity index (χ4v) is 1.99. The second-order valence-corrected chi connectivity index (χ2v) is 5.03. The van der Waals surface area contributed by atoms with Crippen molar-refractivity contribution in [1.29, 1.82) is 0 Å². The Morgan fingerprint density at radius 3 is 2.00 bits per heavy atom. The zero-order chi connectivity index (χ0) is 15.6. The van der Waals surface area contributed by atoms with Gasteiger partial charge in [-0.05, 0) is 24.6 Å². The third kappa shape index (κ3) is 3.14. The van der Waals surface area contributed by atoms with Crippen molar-refractivity contribution >= 4 is 23.2 Å². The van der Waals surface area contributed by atoms with Crippen molar-refractivity contribution in [3.05, 3.63) is 53.1 Å². The van der Waals surface area contributed by atoms with Crippen LogP contribution in [0.2, 0.25) is 0 Å². The smallest absolute Gasteiger partial charge is 0.168 e. The van der Waals surface area contributed by atoms with Crippen molar-refractivity contribution in [3.63, 3.8) is 0 Å². The van der Waals surface area contributed by atoms with Crippen LogP contribution in [-0.4, -0.2) is 25.3 Å². The van der Waals surface area contributed by atoms with Gasteiger partial charge in [0.2, 0.25) is 0 Å². The first-order chi connectivity index (χ1) is 9.90. The van der Waals surface area contributed by atoms with E-state index in [-0.39, 0.29) is 5.56 Å². The van der Waals surface area contributed by atoms with E-state index in [1.54, 1.807) is 0 Å². The molecule has 0 aromatic heterocycles. The third-order valence-electron chi connectivity index (χ3n) is 3.01. The van der Waals surface area contributed by atoms with Crippen LogP contribution in [0.25, 0.3) is 6.08 Å². The number of phenolic OH excluding ortho intramolecular Hbond substituents is 4. The van der Waals surface area contributed by atoms with Crippen molar-refractivity contribution in [2.75, 3.05) is 0 Å². The monoisotopic (exact) mass is 302 g/mol. The molecule has 0 aliphatic carbocycles. The van der Waals surface area contributed by atoms with Gasteiger partial charge in [0.05, 0.1) is 5.56 Å². The van der Waals surface area contributed by atoms with Crippen LogP contribution in [0, 0.1) is 6.92 Å². The molecule has 2 rings (SSSR count). The summed E-state index contributed by atoms with van der Waals surface area (Å²) in [6.07, 6.45) is 2.85. The zero-order valence-electron chi connectivity index (χ0n) is 11.2. The van der Waals surface area contributed by atoms with Gasteiger partial charge in [0.25, 0.3) is 0 Å². The number of hydrogen-bond donors (Lipinski definition) is 4. The molecule has 0 unspecified atom stereocenters. The first kappa shape index (κ1) is 14.9. The maximum absolute atomic E-state index is 9.71. The van der Waals surface area contributed by atoms with Crippen LogP contribution >= 0.6 is 12.2 Å². The van der Waals surface area contributed by atoms with E-state index in [1.807, 2.05) is 31.2 Å². The lowest BCUT2D eigenvalue weighted by Crippen LogP contribution is -1.92. The molecule has 2 aromatic rings. The number of aryl methyl sites for hydroxylation is 1. The SMILES string of the molecule is Cc1ccc(C(=S)C=Cc2c(O)c(O)cc(O)c2O)cc1. The molecular weight excluding hydrogens is 288 g/mol. The van der Waals surface area contributed by atoms with Gasteiger partial charge in [-0.2, -0.15) is 0 Å². The number of rotatable bonds is 3. The molecule has 0 amide bonds. The van der Waals surface area contributed by atoms with Gasteiger partial charge in [-0.25, -0.2) is 0 Å². The van der Waals surface area contributed by atoms with Crippen molar-refractivity contribution in [1.82, 2.24) is 0 Å². The summed E-state index contributed by atoms with van der Waals surface area (Å²) in [7, 11) is 0. The van der Waals surface area contributed by atoms with Crippen molar-refractivity contribution in [3.8, 4) is 23.0 Å². The highest BCUT2D eigenvalue weighted by molar-refractivity contribution is 7.81. The lowest BCUT2D eigenvalue weighted by atomic mass is 10.1. The van der Waals surface area contributed by atoms with Crippen LogP contribution < -0.4 is 0 Å². The van der Waals surface area contributed by atoms with Crippen LogP contribution in [0.3, 0.4) is 0 Å². The summed E-state index contributed by atoms with van der Waals surface area (Å²) < 4.78 is 0. The van der Waals surface area contributed by atoms with Gasteiger partial charge in [0.15, 0.2) is 23.0 Å². The summed E-state index contributed by atoms with van der Waals surface area (Å²) >= 11 is 5.24. The van der Waals surface area contributed by atoms with Crippen LogP contribution in [0.4, 0.5) is 0 Å². The van der Waals surface area contributed by atoms with Crippen molar-refractivity contribution in [2.24, 2.45) is 0 Å². The molecule has 5 heteroatoms. The van der Waals surface area contributed by atoms with Crippen LogP contribution in [0.15, 0.2) is 36.4 Å². The molecular formula is C16H14O4S. The third-order valence-corrected chi connectivity index (χ3v) is 3.38. The van der Waals surface area contributed by atoms with E-state index >= 15 is 0 Å². The Hall–Kier alpha value is -2.53. The second kappa shape index (κ2) is 5.85. The molecule has 0 spiro atoms. The van der Waals surface area contributed by atoms with Crippen LogP contribution in [0.5, 0.6) is 23.0 Å². The Balaban J connectivity index is 2.33. The first-order valence-corrected chi connectivity index (χ1v) is 6.57. The van der Waals surface area contributed by atoms with Gasteiger partial charge < -0.3 is 20.4 Å². The summed E-state index contributed by atoms with van der Waals surface area (Å²) in [6, 6.07) is 8.43. The van der Waals surface area contributed by atoms with E-state index in [9.17, 15) is 20.4 Å². The van der Waals surface area contributed by atoms with Crippen LogP contribution in [-0.2, 0) is 0 Å². The lowest BCUT2D eigenvalue weighted by Gasteiger charge is -2.07. The van der Waals surface area contributed by atoms with Gasteiger partial charge >= 0.3 is 0 Å². The molecule has 0 radical (unpaired) electrons. The first-order valence-electron chi connectivity index (χ1n) is 6.16. The van der Waals surface area contributed by atoms with Gasteiger partial charge in [-0.1, -0.05) is 42.0 Å². The Morgan fingerprint density at radius 2 is 1.48 bits per heavy atom. The highest BCUT2D eigenvalue weighted by atomic mass is 32.1. The van der Waals surface area contributed by atoms with E-state index in [1.165, 1.54) is 12.2 Å². The van der Waals surface area contributed by atoms with E-state index in [4.69, 9.17) is 12.2 Å². The van der Waals surface area contributed by atoms with E-state index < -0.39 is 23.0 Å². The Labute approximate surface area is 127 Å². The molecule has 0 aliphatic heterocycles. The predicted molar refractivity (Wildman–Crippen MR) is 85.0 cm³/mol. The van der Waals surface area contributed by atoms with E-state index in [0.29, 0.717) is 4.86 Å². The average Bonchev–Trinajstić information content (AvgIpc) is 2.45. The minimum absolute atomic E-state index is 0.0954. The summed E-state index contributed by atoms with van der Waals surface area (Å²) in [5.74, 6) is -2.08. The minimum Gasteiger partial charge on any atom is -0.504 e. The molecule has 0 heterocycles. The van der Waals surface area contributed by atoms with Crippen molar-refractivity contribution in [2.45, 2.75) is 6.92 Å². The minimum atomic E-state index is -0.522. The summed E-state index contributed by atoms with van der Waals surface area (Å²) in [6.45, 7) is 1.97. The molecule has 0 bridgehead atoms. The number of allylic oxidation sites excluding steroid dienone is 1. The van der Waals surface area contributed by atoms with Gasteiger partial charge in [0.1, 0.15) is 0 Å². The zero-order valence-corrected chi connectivity index (χ0v) is 12.1. The number of phenols is 4. The summed E-state index contributed by atoms with van der Waals surface area (Å²) in [4.78, 5) is 0.497. The Morgan fingerprint density at radius 1 is 0.952 bits per heavy atom. The topological polar surface area (TPSA) is 80.9 Å². The van der Waals surface area contributed by atoms with Gasteiger partial charge in [0, 0.05) is 10.9 Å². The van der Waals surface area contributed by atoms with Crippen LogP contribution in [0.1, 0.15) is 16.7 Å². The molecule has 2 aromatic carbocycles. The highest BCUT2D eigenvalue weighted by Gasteiger charge is 2.14. The molecule has 0 aliphatic rings. The highest BCUT2D eigenvalue weighted by Crippen LogP contribution is 2.42. The van der Waals surface area contributed by atoms with Gasteiger partial charge in [-0.3, -0.25) is 0 Å². The quantitative estimate of drug-likeness (QED) is 0.230. The molecule has 4 nitrogen and oxygen atoms in total. The largest absolute Gasteiger partial charge is 0.504 e. The average molecular weight is 302 g/mol.